The molecule has 4 nitrogen and oxygen atoms in total. The quantitative estimate of drug-likeness (QED) is 0.728. The average Bonchev–Trinajstić information content (AvgIpc) is 2.62. The fourth-order valence-corrected chi connectivity index (χ4v) is 2.85. The van der Waals surface area contributed by atoms with E-state index in [2.05, 4.69) is 5.32 Å². The number of nitrogens with two attached hydrogens (primary N) is 1. The molecule has 2 amide bonds. The smallest absolute Gasteiger partial charge is 0.240 e. The molecule has 0 radical (unpaired) electrons. The maximum absolute atomic E-state index is 12.2. The standard InChI is InChI=1S/C21H20N2O2/c22-21(25)19(23-20(24)14-15-6-2-1-3-7-15)13-16-10-11-17-8-4-5-9-18(17)12-16/h1-12,19H,13-14H2,(H2,22,25)(H,23,24)/t19-/m1/s1. The number of carbonyl (C=O) groups excluding carboxylic acids is 2. The van der Waals surface area contributed by atoms with Gasteiger partial charge in [-0.1, -0.05) is 72.8 Å². The topological polar surface area (TPSA) is 72.2 Å². The molecule has 0 saturated carbocycles. The van der Waals surface area contributed by atoms with E-state index >= 15 is 0 Å². The number of rotatable bonds is 6. The summed E-state index contributed by atoms with van der Waals surface area (Å²) >= 11 is 0. The molecule has 0 aromatic heterocycles. The molecule has 25 heavy (non-hydrogen) atoms. The van der Waals surface area contributed by atoms with Gasteiger partial charge in [0.15, 0.2) is 0 Å². The highest BCUT2D eigenvalue weighted by Gasteiger charge is 2.18. The van der Waals surface area contributed by atoms with Crippen molar-refractivity contribution < 1.29 is 9.59 Å². The molecule has 0 bridgehead atoms. The highest BCUT2D eigenvalue weighted by molar-refractivity contribution is 5.88. The van der Waals surface area contributed by atoms with Crippen molar-refractivity contribution in [3.63, 3.8) is 0 Å². The Bertz CT molecular complexity index is 891. The van der Waals surface area contributed by atoms with Crippen LogP contribution < -0.4 is 11.1 Å². The number of amides is 2. The number of nitrogens with one attached hydrogen (secondary N) is 1. The third-order valence-electron chi connectivity index (χ3n) is 4.14. The summed E-state index contributed by atoms with van der Waals surface area (Å²) in [4.78, 5) is 24.0. The fourth-order valence-electron chi connectivity index (χ4n) is 2.85. The van der Waals surface area contributed by atoms with Gasteiger partial charge in [-0.15, -0.1) is 0 Å². The van der Waals surface area contributed by atoms with Crippen molar-refractivity contribution in [1.29, 1.82) is 0 Å². The lowest BCUT2D eigenvalue weighted by atomic mass is 10.0. The zero-order valence-corrected chi connectivity index (χ0v) is 13.8. The SMILES string of the molecule is NC(=O)[C@@H](Cc1ccc2ccccc2c1)NC(=O)Cc1ccccc1. The van der Waals surface area contributed by atoms with E-state index in [0.717, 1.165) is 21.9 Å². The first-order valence-corrected chi connectivity index (χ1v) is 8.22. The van der Waals surface area contributed by atoms with Gasteiger partial charge in [0.05, 0.1) is 6.42 Å². The molecule has 3 aromatic rings. The first-order chi connectivity index (χ1) is 12.1. The lowest BCUT2D eigenvalue weighted by molar-refractivity contribution is -0.127. The predicted molar refractivity (Wildman–Crippen MR) is 98.9 cm³/mol. The van der Waals surface area contributed by atoms with Crippen LogP contribution in [0, 0.1) is 0 Å². The number of hydrogen-bond donors (Lipinski definition) is 2. The van der Waals surface area contributed by atoms with Crippen molar-refractivity contribution >= 4 is 22.6 Å². The summed E-state index contributed by atoms with van der Waals surface area (Å²) in [6, 6.07) is 22.7. The number of fused-ring (bicyclic) bond motifs is 1. The van der Waals surface area contributed by atoms with Crippen LogP contribution in [0.2, 0.25) is 0 Å². The minimum absolute atomic E-state index is 0.212. The zero-order chi connectivity index (χ0) is 17.6. The van der Waals surface area contributed by atoms with Gasteiger partial charge in [-0.3, -0.25) is 9.59 Å². The third kappa shape index (κ3) is 4.44. The van der Waals surface area contributed by atoms with Gasteiger partial charge in [-0.2, -0.15) is 0 Å². The van der Waals surface area contributed by atoms with Crippen molar-refractivity contribution in [1.82, 2.24) is 5.32 Å². The predicted octanol–water partition coefficient (Wildman–Crippen LogP) is 2.60. The van der Waals surface area contributed by atoms with Gasteiger partial charge in [0.25, 0.3) is 0 Å². The van der Waals surface area contributed by atoms with Gasteiger partial charge in [0, 0.05) is 6.42 Å². The first kappa shape index (κ1) is 16.7. The molecule has 126 valence electrons. The molecule has 0 fully saturated rings. The highest BCUT2D eigenvalue weighted by atomic mass is 16.2. The van der Waals surface area contributed by atoms with Gasteiger partial charge in [0.1, 0.15) is 6.04 Å². The van der Waals surface area contributed by atoms with Crippen molar-refractivity contribution in [2.24, 2.45) is 5.73 Å². The van der Waals surface area contributed by atoms with Gasteiger partial charge in [-0.25, -0.2) is 0 Å². The maximum Gasteiger partial charge on any atom is 0.240 e. The molecule has 3 aromatic carbocycles. The van der Waals surface area contributed by atoms with E-state index in [-0.39, 0.29) is 12.3 Å². The molecule has 3 N–H and O–H groups in total. The Morgan fingerprint density at radius 1 is 0.840 bits per heavy atom. The summed E-state index contributed by atoms with van der Waals surface area (Å²) < 4.78 is 0. The van der Waals surface area contributed by atoms with Gasteiger partial charge >= 0.3 is 0 Å². The molecule has 0 aliphatic carbocycles. The second-order valence-corrected chi connectivity index (χ2v) is 6.07. The largest absolute Gasteiger partial charge is 0.368 e. The monoisotopic (exact) mass is 332 g/mol. The van der Waals surface area contributed by atoms with Crippen LogP contribution in [0.3, 0.4) is 0 Å². The Kier molecular flexibility index (Phi) is 5.09. The van der Waals surface area contributed by atoms with Crippen LogP contribution in [0.15, 0.2) is 72.8 Å². The van der Waals surface area contributed by atoms with E-state index in [1.54, 1.807) is 0 Å². The normalized spacial score (nSPS) is 11.8. The molecule has 0 aliphatic heterocycles. The molecule has 0 unspecified atom stereocenters. The second-order valence-electron chi connectivity index (χ2n) is 6.07. The summed E-state index contributed by atoms with van der Waals surface area (Å²) in [5.41, 5.74) is 7.34. The second kappa shape index (κ2) is 7.62. The first-order valence-electron chi connectivity index (χ1n) is 8.22. The van der Waals surface area contributed by atoms with E-state index < -0.39 is 11.9 Å². The third-order valence-corrected chi connectivity index (χ3v) is 4.14. The number of benzene rings is 3. The summed E-state index contributed by atoms with van der Waals surface area (Å²) in [6.07, 6.45) is 0.600. The van der Waals surface area contributed by atoms with Crippen molar-refractivity contribution in [3.05, 3.63) is 83.9 Å². The molecule has 0 aliphatic rings. The molecule has 4 heteroatoms. The molecule has 0 spiro atoms. The fraction of sp³-hybridized carbons (Fsp3) is 0.143. The minimum atomic E-state index is -0.725. The maximum atomic E-state index is 12.2. The van der Waals surface area contributed by atoms with Crippen LogP contribution in [0.25, 0.3) is 10.8 Å². The van der Waals surface area contributed by atoms with Crippen molar-refractivity contribution in [3.8, 4) is 0 Å². The lowest BCUT2D eigenvalue weighted by Gasteiger charge is -2.16. The average molecular weight is 332 g/mol. The molecular weight excluding hydrogens is 312 g/mol. The highest BCUT2D eigenvalue weighted by Crippen LogP contribution is 2.16. The van der Waals surface area contributed by atoms with E-state index in [4.69, 9.17) is 5.73 Å². The van der Waals surface area contributed by atoms with E-state index in [1.807, 2.05) is 72.8 Å². The van der Waals surface area contributed by atoms with Gasteiger partial charge in [0.2, 0.25) is 11.8 Å². The van der Waals surface area contributed by atoms with Crippen LogP contribution in [-0.2, 0) is 22.4 Å². The molecular formula is C21H20N2O2. The Morgan fingerprint density at radius 3 is 2.24 bits per heavy atom. The van der Waals surface area contributed by atoms with Crippen molar-refractivity contribution in [2.45, 2.75) is 18.9 Å². The molecule has 3 rings (SSSR count). The van der Waals surface area contributed by atoms with Crippen LogP contribution >= 0.6 is 0 Å². The Labute approximate surface area is 146 Å². The number of carbonyl (C=O) groups is 2. The van der Waals surface area contributed by atoms with Gasteiger partial charge in [-0.05, 0) is 21.9 Å². The number of primary amides is 1. The van der Waals surface area contributed by atoms with Crippen LogP contribution in [0.5, 0.6) is 0 Å². The van der Waals surface area contributed by atoms with E-state index in [0.29, 0.717) is 6.42 Å². The summed E-state index contributed by atoms with van der Waals surface area (Å²) in [6.45, 7) is 0. The van der Waals surface area contributed by atoms with E-state index in [1.165, 1.54) is 0 Å². The molecule has 0 heterocycles. The van der Waals surface area contributed by atoms with Crippen LogP contribution in [-0.4, -0.2) is 17.9 Å². The molecule has 0 saturated heterocycles. The van der Waals surface area contributed by atoms with Gasteiger partial charge < -0.3 is 11.1 Å². The lowest BCUT2D eigenvalue weighted by Crippen LogP contribution is -2.46. The Balaban J connectivity index is 1.70. The van der Waals surface area contributed by atoms with Crippen molar-refractivity contribution in [2.75, 3.05) is 0 Å². The minimum Gasteiger partial charge on any atom is -0.368 e. The van der Waals surface area contributed by atoms with Crippen LogP contribution in [0.1, 0.15) is 11.1 Å². The zero-order valence-electron chi connectivity index (χ0n) is 13.8. The summed E-state index contributed by atoms with van der Waals surface area (Å²) in [5, 5.41) is 4.98. The summed E-state index contributed by atoms with van der Waals surface area (Å²) in [7, 11) is 0. The summed E-state index contributed by atoms with van der Waals surface area (Å²) in [5.74, 6) is -0.745. The number of hydrogen-bond acceptors (Lipinski definition) is 2. The Hall–Kier alpha value is -3.14. The Morgan fingerprint density at radius 2 is 1.52 bits per heavy atom. The van der Waals surface area contributed by atoms with Crippen LogP contribution in [0.4, 0.5) is 0 Å². The van der Waals surface area contributed by atoms with E-state index in [9.17, 15) is 9.59 Å². The molecule has 1 atom stereocenters.